The van der Waals surface area contributed by atoms with E-state index in [1.165, 1.54) is 62.1 Å². The molecule has 5 aromatic rings. The maximum absolute atomic E-state index is 11.4. The van der Waals surface area contributed by atoms with Gasteiger partial charge in [-0.1, -0.05) is 19.9 Å². The number of likely N-dealkylation sites (tertiary alicyclic amines) is 1. The fourth-order valence-electron chi connectivity index (χ4n) is 7.18. The van der Waals surface area contributed by atoms with Crippen molar-refractivity contribution in [2.75, 3.05) is 6.54 Å². The second-order valence-electron chi connectivity index (χ2n) is 11.7. The number of thiophene rings is 1. The zero-order valence-electron chi connectivity index (χ0n) is 22.6. The molecule has 7 rings (SSSR count). The number of H-pyrrole nitrogens is 2. The van der Waals surface area contributed by atoms with Gasteiger partial charge < -0.3 is 9.97 Å². The minimum absolute atomic E-state index is 0.0335. The van der Waals surface area contributed by atoms with Gasteiger partial charge in [0.1, 0.15) is 11.2 Å². The fraction of sp³-hybridized carbons (Fsp3) is 0.433. The summed E-state index contributed by atoms with van der Waals surface area (Å²) in [6.45, 7) is 13.4. The number of pyridine rings is 2. The van der Waals surface area contributed by atoms with Crippen molar-refractivity contribution >= 4 is 27.2 Å². The number of aromatic nitrogens is 5. The van der Waals surface area contributed by atoms with Crippen LogP contribution in [0.2, 0.25) is 0 Å². The number of hydrogen-bond donors (Lipinski definition) is 2. The SMILES string of the molecule is Cc1c(-c2[nH]c3sc([C@@H]4CC5C[C@H]4CN5Cc4ccc(=O)[nH]c4)c(C)c3c2C(C)C)cn2ncnc2c1C. The molecule has 38 heavy (non-hydrogen) atoms. The van der Waals surface area contributed by atoms with Crippen molar-refractivity contribution in [2.24, 2.45) is 5.92 Å². The van der Waals surface area contributed by atoms with Crippen molar-refractivity contribution in [3.63, 3.8) is 0 Å². The average molecular weight is 527 g/mol. The molecule has 196 valence electrons. The van der Waals surface area contributed by atoms with Crippen LogP contribution >= 0.6 is 11.3 Å². The molecule has 1 aliphatic carbocycles. The Hall–Kier alpha value is -3.23. The summed E-state index contributed by atoms with van der Waals surface area (Å²) in [6, 6.07) is 4.22. The molecule has 7 nitrogen and oxygen atoms in total. The third-order valence-corrected chi connectivity index (χ3v) is 10.5. The molecule has 1 saturated heterocycles. The van der Waals surface area contributed by atoms with E-state index in [1.807, 2.05) is 28.1 Å². The minimum Gasteiger partial charge on any atom is -0.346 e. The lowest BCUT2D eigenvalue weighted by Crippen LogP contribution is -2.34. The minimum atomic E-state index is -0.0335. The van der Waals surface area contributed by atoms with Crippen molar-refractivity contribution in [2.45, 2.75) is 71.9 Å². The first-order valence-corrected chi connectivity index (χ1v) is 14.5. The van der Waals surface area contributed by atoms with Crippen molar-refractivity contribution in [3.8, 4) is 11.3 Å². The predicted octanol–water partition coefficient (Wildman–Crippen LogP) is 6.05. The van der Waals surface area contributed by atoms with E-state index < -0.39 is 0 Å². The zero-order chi connectivity index (χ0) is 26.3. The number of nitrogens with one attached hydrogen (secondary N) is 2. The Kier molecular flexibility index (Phi) is 5.43. The largest absolute Gasteiger partial charge is 0.346 e. The molecule has 2 fully saturated rings. The van der Waals surface area contributed by atoms with Crippen LogP contribution in [0.15, 0.2) is 35.6 Å². The fourth-order valence-corrected chi connectivity index (χ4v) is 8.62. The molecule has 3 atom stereocenters. The number of rotatable bonds is 5. The summed E-state index contributed by atoms with van der Waals surface area (Å²) in [4.78, 5) is 28.1. The van der Waals surface area contributed by atoms with Crippen LogP contribution < -0.4 is 5.56 Å². The van der Waals surface area contributed by atoms with E-state index in [2.05, 4.69) is 65.8 Å². The number of fused-ring (bicyclic) bond motifs is 4. The van der Waals surface area contributed by atoms with Crippen molar-refractivity contribution in [3.05, 3.63) is 73.9 Å². The lowest BCUT2D eigenvalue weighted by atomic mass is 9.88. The Balaban J connectivity index is 1.23. The lowest BCUT2D eigenvalue weighted by Gasteiger charge is -2.31. The third kappa shape index (κ3) is 3.53. The molecule has 8 heteroatoms. The standard InChI is InChI=1S/C30H34N6OS/c1-15(2)25-26-18(5)28(22-9-21-8-20(22)12-35(21)11-19-6-7-24(37)31-10-19)38-30(26)34-27(25)23-13-36-29(32-14-33-36)17(4)16(23)3/h6-7,10,13-15,20-22,34H,8-9,11-12H2,1-5H3,(H,31,37)/t20-,21?,22+/m0/s1. The van der Waals surface area contributed by atoms with Crippen LogP contribution in [0.4, 0.5) is 0 Å². The number of aromatic amines is 2. The van der Waals surface area contributed by atoms with Gasteiger partial charge in [0, 0.05) is 53.4 Å². The topological polar surface area (TPSA) is 82.1 Å². The predicted molar refractivity (Wildman–Crippen MR) is 153 cm³/mol. The first-order valence-electron chi connectivity index (χ1n) is 13.7. The van der Waals surface area contributed by atoms with E-state index in [0.29, 0.717) is 23.8 Å². The van der Waals surface area contributed by atoms with Crippen LogP contribution in [0, 0.1) is 26.7 Å². The van der Waals surface area contributed by atoms with E-state index >= 15 is 0 Å². The van der Waals surface area contributed by atoms with E-state index in [1.54, 1.807) is 17.3 Å². The van der Waals surface area contributed by atoms with E-state index in [9.17, 15) is 4.79 Å². The highest BCUT2D eigenvalue weighted by Crippen LogP contribution is 2.53. The monoisotopic (exact) mass is 526 g/mol. The molecule has 0 radical (unpaired) electrons. The first kappa shape index (κ1) is 23.9. The molecule has 1 unspecified atom stereocenters. The Morgan fingerprint density at radius 2 is 1.97 bits per heavy atom. The summed E-state index contributed by atoms with van der Waals surface area (Å²) in [5, 5.41) is 5.87. The van der Waals surface area contributed by atoms with Crippen LogP contribution in [0.1, 0.15) is 71.2 Å². The van der Waals surface area contributed by atoms with Crippen molar-refractivity contribution < 1.29 is 0 Å². The van der Waals surface area contributed by atoms with Gasteiger partial charge in [0.25, 0.3) is 0 Å². The van der Waals surface area contributed by atoms with Crippen LogP contribution in [0.5, 0.6) is 0 Å². The van der Waals surface area contributed by atoms with Crippen molar-refractivity contribution in [1.29, 1.82) is 0 Å². The molecule has 6 heterocycles. The molecule has 2 aliphatic rings. The molecule has 2 bridgehead atoms. The molecule has 0 aromatic carbocycles. The van der Waals surface area contributed by atoms with Crippen LogP contribution in [0.25, 0.3) is 27.1 Å². The third-order valence-electron chi connectivity index (χ3n) is 9.16. The second kappa shape index (κ2) is 8.64. The van der Waals surface area contributed by atoms with Gasteiger partial charge >= 0.3 is 0 Å². The molecule has 1 saturated carbocycles. The van der Waals surface area contributed by atoms with Gasteiger partial charge in [-0.3, -0.25) is 9.69 Å². The van der Waals surface area contributed by atoms with Gasteiger partial charge in [0.15, 0.2) is 5.65 Å². The summed E-state index contributed by atoms with van der Waals surface area (Å²) >= 11 is 1.98. The van der Waals surface area contributed by atoms with Gasteiger partial charge in [0.05, 0.1) is 5.69 Å². The highest BCUT2D eigenvalue weighted by Gasteiger charge is 2.46. The van der Waals surface area contributed by atoms with Crippen LogP contribution in [-0.2, 0) is 6.54 Å². The number of hydrogen-bond acceptors (Lipinski definition) is 5. The Morgan fingerprint density at radius 3 is 2.68 bits per heavy atom. The van der Waals surface area contributed by atoms with Crippen LogP contribution in [0.3, 0.4) is 0 Å². The summed E-state index contributed by atoms with van der Waals surface area (Å²) in [5.74, 6) is 1.74. The van der Waals surface area contributed by atoms with Crippen molar-refractivity contribution in [1.82, 2.24) is 29.5 Å². The zero-order valence-corrected chi connectivity index (χ0v) is 23.4. The Bertz CT molecular complexity index is 1730. The van der Waals surface area contributed by atoms with E-state index in [0.717, 1.165) is 18.7 Å². The molecule has 5 aromatic heterocycles. The van der Waals surface area contributed by atoms with Gasteiger partial charge in [-0.25, -0.2) is 9.50 Å². The Labute approximate surface area is 225 Å². The molecular weight excluding hydrogens is 492 g/mol. The maximum atomic E-state index is 11.4. The highest BCUT2D eigenvalue weighted by atomic mass is 32.1. The number of nitrogens with zero attached hydrogens (tertiary/aromatic N) is 4. The second-order valence-corrected chi connectivity index (χ2v) is 12.7. The summed E-state index contributed by atoms with van der Waals surface area (Å²) in [7, 11) is 0. The molecule has 0 amide bonds. The summed E-state index contributed by atoms with van der Waals surface area (Å²) in [5.41, 5.74) is 9.86. The summed E-state index contributed by atoms with van der Waals surface area (Å²) < 4.78 is 1.91. The molecule has 0 spiro atoms. The Morgan fingerprint density at radius 1 is 1.13 bits per heavy atom. The molecule has 2 N–H and O–H groups in total. The normalized spacial score (nSPS) is 21.6. The van der Waals surface area contributed by atoms with Crippen LogP contribution in [-0.4, -0.2) is 42.1 Å². The number of piperidine rings is 1. The average Bonchev–Trinajstić information content (AvgIpc) is 3.70. The number of aryl methyl sites for hydroxylation is 2. The quantitative estimate of drug-likeness (QED) is 0.292. The highest BCUT2D eigenvalue weighted by molar-refractivity contribution is 7.19. The molecule has 1 aliphatic heterocycles. The lowest BCUT2D eigenvalue weighted by molar-refractivity contribution is 0.192. The van der Waals surface area contributed by atoms with E-state index in [4.69, 9.17) is 0 Å². The first-order chi connectivity index (χ1) is 18.3. The van der Waals surface area contributed by atoms with Gasteiger partial charge in [0.2, 0.25) is 5.56 Å². The smallest absolute Gasteiger partial charge is 0.247 e. The van der Waals surface area contributed by atoms with Gasteiger partial charge in [-0.05, 0) is 79.2 Å². The summed E-state index contributed by atoms with van der Waals surface area (Å²) in [6.07, 6.45) is 8.14. The van der Waals surface area contributed by atoms with E-state index in [-0.39, 0.29) is 5.56 Å². The van der Waals surface area contributed by atoms with Gasteiger partial charge in [-0.2, -0.15) is 5.10 Å². The maximum Gasteiger partial charge on any atom is 0.247 e. The molecular formula is C30H34N6OS. The van der Waals surface area contributed by atoms with Gasteiger partial charge in [-0.15, -0.1) is 11.3 Å².